The van der Waals surface area contributed by atoms with Gasteiger partial charge in [0.25, 0.3) is 0 Å². The van der Waals surface area contributed by atoms with Crippen molar-refractivity contribution in [1.29, 1.82) is 0 Å². The van der Waals surface area contributed by atoms with E-state index in [9.17, 15) is 19.2 Å². The molecule has 0 fully saturated rings. The van der Waals surface area contributed by atoms with Gasteiger partial charge < -0.3 is 51.1 Å². The highest BCUT2D eigenvalue weighted by Crippen LogP contribution is 2.24. The molecule has 0 heterocycles. The molecule has 0 amide bonds. The third-order valence-electron chi connectivity index (χ3n) is 6.33. The molecule has 0 unspecified atom stereocenters. The fraction of sp³-hybridized carbons (Fsp3) is 0.647. The molecular weight excluding hydrogens is 632 g/mol. The molecule has 14 heteroatoms. The molecule has 0 aromatic carbocycles. The van der Waals surface area contributed by atoms with Crippen LogP contribution in [-0.4, -0.2) is 115 Å². The van der Waals surface area contributed by atoms with Crippen molar-refractivity contribution in [1.82, 2.24) is 0 Å². The van der Waals surface area contributed by atoms with E-state index in [4.69, 9.17) is 51.1 Å². The quantitative estimate of drug-likeness (QED) is 0.0572. The van der Waals surface area contributed by atoms with E-state index in [0.717, 1.165) is 50.0 Å². The number of aliphatic hydroxyl groups excluding tert-OH is 6. The third kappa shape index (κ3) is 49.5. The van der Waals surface area contributed by atoms with E-state index in [0.29, 0.717) is 12.8 Å². The molecule has 0 aromatic heterocycles. The van der Waals surface area contributed by atoms with Crippen molar-refractivity contribution in [3.05, 3.63) is 50.6 Å². The molecule has 0 aliphatic carbocycles. The summed E-state index contributed by atoms with van der Waals surface area (Å²) in [7, 11) is 0. The molecule has 0 bridgehead atoms. The zero-order valence-electron chi connectivity index (χ0n) is 29.0. The molecule has 0 atom stereocenters. The van der Waals surface area contributed by atoms with Crippen molar-refractivity contribution in [3.63, 3.8) is 0 Å². The number of rotatable bonds is 22. The van der Waals surface area contributed by atoms with Crippen LogP contribution in [0.4, 0.5) is 0 Å². The molecule has 0 aliphatic heterocycles. The molecule has 0 aliphatic rings. The summed E-state index contributed by atoms with van der Waals surface area (Å²) in [6.45, 7) is 15.4. The van der Waals surface area contributed by atoms with Gasteiger partial charge in [-0.3, -0.25) is 0 Å². The minimum absolute atomic E-state index is 0.131. The van der Waals surface area contributed by atoms with Crippen LogP contribution in [0.2, 0.25) is 0 Å². The zero-order chi connectivity index (χ0) is 38.9. The van der Waals surface area contributed by atoms with Crippen LogP contribution in [0.3, 0.4) is 0 Å². The number of unbranched alkanes of at least 4 members (excludes halogenated alkanes) is 8. The number of aliphatic carboxylic acids is 4. The van der Waals surface area contributed by atoms with Gasteiger partial charge in [-0.15, -0.1) is 0 Å². The highest BCUT2D eigenvalue weighted by molar-refractivity contribution is 5.79. The predicted molar refractivity (Wildman–Crippen MR) is 185 cm³/mol. The fourth-order valence-corrected chi connectivity index (χ4v) is 2.98. The van der Waals surface area contributed by atoms with Crippen molar-refractivity contribution < 1.29 is 70.2 Å². The largest absolute Gasteiger partial charge is 0.478 e. The van der Waals surface area contributed by atoms with Crippen molar-refractivity contribution in [2.75, 3.05) is 39.6 Å². The minimum Gasteiger partial charge on any atom is -0.478 e. The molecule has 0 spiro atoms. The first-order valence-corrected chi connectivity index (χ1v) is 15.6. The van der Waals surface area contributed by atoms with Crippen molar-refractivity contribution in [2.45, 2.75) is 90.9 Å². The van der Waals surface area contributed by atoms with Crippen molar-refractivity contribution in [3.8, 4) is 0 Å². The van der Waals surface area contributed by atoms with Crippen LogP contribution in [0.5, 0.6) is 0 Å². The summed E-state index contributed by atoms with van der Waals surface area (Å²) < 4.78 is 0. The maximum absolute atomic E-state index is 9.25. The molecule has 0 rings (SSSR count). The zero-order valence-corrected chi connectivity index (χ0v) is 29.0. The Balaban J connectivity index is -0.000000119. The second kappa shape index (κ2) is 43.6. The average Bonchev–Trinajstić information content (AvgIpc) is 3.10. The Morgan fingerprint density at radius 2 is 0.583 bits per heavy atom. The van der Waals surface area contributed by atoms with Crippen molar-refractivity contribution >= 4 is 23.9 Å². The van der Waals surface area contributed by atoms with Gasteiger partial charge in [0.2, 0.25) is 0 Å². The number of carboxylic acids is 4. The standard InChI is InChI=1S/2C11H24O3.4C3H4O2/c2*1-2-3-4-5-6-7-11(8-12,9-13)10-14;4*1-2-3(4)5/h2*12-14H,2-10H2,1H3;4*2H,1H2,(H,4,5). The van der Waals surface area contributed by atoms with Gasteiger partial charge in [0.1, 0.15) is 0 Å². The lowest BCUT2D eigenvalue weighted by Gasteiger charge is -2.27. The highest BCUT2D eigenvalue weighted by atomic mass is 16.4. The normalized spacial score (nSPS) is 9.67. The first-order chi connectivity index (χ1) is 22.6. The summed E-state index contributed by atoms with van der Waals surface area (Å²) in [4.78, 5) is 37.0. The molecule has 14 nitrogen and oxygen atoms in total. The second-order valence-corrected chi connectivity index (χ2v) is 10.4. The maximum atomic E-state index is 9.25. The fourth-order valence-electron chi connectivity index (χ4n) is 2.98. The van der Waals surface area contributed by atoms with Crippen LogP contribution in [-0.2, 0) is 19.2 Å². The molecule has 48 heavy (non-hydrogen) atoms. The average molecular weight is 697 g/mol. The third-order valence-corrected chi connectivity index (χ3v) is 6.33. The predicted octanol–water partition coefficient (Wildman–Crippen LogP) is 3.65. The first kappa shape index (κ1) is 56.9. The van der Waals surface area contributed by atoms with Crippen LogP contribution in [0, 0.1) is 10.8 Å². The number of hydrogen-bond donors (Lipinski definition) is 10. The Bertz CT molecular complexity index is 685. The summed E-state index contributed by atoms with van der Waals surface area (Å²) in [6, 6.07) is 0. The summed E-state index contributed by atoms with van der Waals surface area (Å²) in [5.74, 6) is -3.93. The maximum Gasteiger partial charge on any atom is 0.327 e. The molecule has 0 saturated heterocycles. The summed E-state index contributed by atoms with van der Waals surface area (Å²) in [5, 5.41) is 84.8. The Morgan fingerprint density at radius 1 is 0.417 bits per heavy atom. The van der Waals surface area contributed by atoms with E-state index in [1.165, 1.54) is 38.5 Å². The van der Waals surface area contributed by atoms with E-state index in [2.05, 4.69) is 40.2 Å². The van der Waals surface area contributed by atoms with Gasteiger partial charge in [0.05, 0.1) is 39.6 Å². The Kier molecular flexibility index (Phi) is 51.7. The lowest BCUT2D eigenvalue weighted by Crippen LogP contribution is -2.33. The van der Waals surface area contributed by atoms with E-state index < -0.39 is 34.7 Å². The smallest absolute Gasteiger partial charge is 0.327 e. The number of carboxylic acid groups (broad SMARTS) is 4. The number of hydrogen-bond acceptors (Lipinski definition) is 10. The monoisotopic (exact) mass is 696 g/mol. The lowest BCUT2D eigenvalue weighted by atomic mass is 9.85. The molecule has 0 aromatic rings. The van der Waals surface area contributed by atoms with Gasteiger partial charge in [-0.2, -0.15) is 0 Å². The van der Waals surface area contributed by atoms with Crippen LogP contribution in [0.25, 0.3) is 0 Å². The topological polar surface area (TPSA) is 271 Å². The van der Waals surface area contributed by atoms with Gasteiger partial charge in [-0.25, -0.2) is 19.2 Å². The van der Waals surface area contributed by atoms with Crippen LogP contribution in [0.15, 0.2) is 50.6 Å². The number of carbonyl (C=O) groups is 4. The Hall–Kier alpha value is -3.40. The van der Waals surface area contributed by atoms with Crippen molar-refractivity contribution in [2.24, 2.45) is 10.8 Å². The van der Waals surface area contributed by atoms with Crippen LogP contribution in [0.1, 0.15) is 90.9 Å². The Morgan fingerprint density at radius 3 is 0.708 bits per heavy atom. The van der Waals surface area contributed by atoms with E-state index in [1.807, 2.05) is 0 Å². The SMILES string of the molecule is C=CC(=O)O.C=CC(=O)O.C=CC(=O)O.C=CC(=O)O.CCCCCCCC(CO)(CO)CO.CCCCCCCC(CO)(CO)CO. The minimum atomic E-state index is -0.981. The molecule has 0 saturated carbocycles. The summed E-state index contributed by atoms with van der Waals surface area (Å²) >= 11 is 0. The van der Waals surface area contributed by atoms with Gasteiger partial charge >= 0.3 is 23.9 Å². The van der Waals surface area contributed by atoms with Crippen LogP contribution < -0.4 is 0 Å². The summed E-state index contributed by atoms with van der Waals surface area (Å²) in [6.07, 6.45) is 16.3. The second-order valence-electron chi connectivity index (χ2n) is 10.4. The van der Waals surface area contributed by atoms with E-state index in [-0.39, 0.29) is 39.6 Å². The molecular formula is C34H64O14. The van der Waals surface area contributed by atoms with Crippen LogP contribution >= 0.6 is 0 Å². The molecule has 284 valence electrons. The van der Waals surface area contributed by atoms with E-state index >= 15 is 0 Å². The highest BCUT2D eigenvalue weighted by Gasteiger charge is 2.27. The lowest BCUT2D eigenvalue weighted by molar-refractivity contribution is -0.132. The Labute approximate surface area is 286 Å². The first-order valence-electron chi connectivity index (χ1n) is 15.6. The van der Waals surface area contributed by atoms with Gasteiger partial charge in [-0.05, 0) is 12.8 Å². The van der Waals surface area contributed by atoms with Gasteiger partial charge in [-0.1, -0.05) is 104 Å². The number of aliphatic hydroxyl groups is 6. The molecule has 10 N–H and O–H groups in total. The molecule has 0 radical (unpaired) electrons. The van der Waals surface area contributed by atoms with Gasteiger partial charge in [0, 0.05) is 35.1 Å². The van der Waals surface area contributed by atoms with E-state index in [1.54, 1.807) is 0 Å². The summed E-state index contributed by atoms with van der Waals surface area (Å²) in [5.41, 5.74) is -1.32. The van der Waals surface area contributed by atoms with Gasteiger partial charge in [0.15, 0.2) is 0 Å².